The average Bonchev–Trinajstić information content (AvgIpc) is 3.37. The van der Waals surface area contributed by atoms with Crippen molar-refractivity contribution in [3.8, 4) is 11.4 Å². The van der Waals surface area contributed by atoms with Crippen molar-refractivity contribution in [3.05, 3.63) is 64.2 Å². The lowest BCUT2D eigenvalue weighted by Gasteiger charge is -2.08. The quantitative estimate of drug-likeness (QED) is 0.372. The minimum atomic E-state index is -4.56. The van der Waals surface area contributed by atoms with Crippen molar-refractivity contribution in [2.45, 2.75) is 26.9 Å². The fraction of sp³-hybridized carbons (Fsp3) is 0.304. The fourth-order valence-corrected chi connectivity index (χ4v) is 3.42. The first-order valence-electron chi connectivity index (χ1n) is 10.4. The molecule has 0 bridgehead atoms. The molecule has 2 aromatic heterocycles. The van der Waals surface area contributed by atoms with Gasteiger partial charge in [0.15, 0.2) is 12.4 Å². The Morgan fingerprint density at radius 3 is 2.46 bits per heavy atom. The van der Waals surface area contributed by atoms with Crippen LogP contribution in [0.5, 0.6) is 5.75 Å². The third kappa shape index (κ3) is 5.36. The predicted molar refractivity (Wildman–Crippen MR) is 116 cm³/mol. The molecule has 9 nitrogen and oxygen atoms in total. The number of carbonyl (C=O) groups excluding carboxylic acids is 3. The Labute approximate surface area is 197 Å². The molecule has 0 amide bonds. The van der Waals surface area contributed by atoms with Gasteiger partial charge in [0.1, 0.15) is 0 Å². The van der Waals surface area contributed by atoms with E-state index in [1.165, 1.54) is 25.4 Å². The van der Waals surface area contributed by atoms with Crippen LogP contribution in [0.4, 0.5) is 13.2 Å². The minimum Gasteiger partial charge on any atom is -0.493 e. The number of methoxy groups -OCH3 is 1. The number of nitrogens with one attached hydrogen (secondary N) is 1. The van der Waals surface area contributed by atoms with Gasteiger partial charge in [-0.25, -0.2) is 14.3 Å². The van der Waals surface area contributed by atoms with Gasteiger partial charge in [-0.2, -0.15) is 18.3 Å². The number of aryl methyl sites for hydroxylation is 1. The molecule has 0 fully saturated rings. The molecule has 0 radical (unpaired) electrons. The van der Waals surface area contributed by atoms with E-state index < -0.39 is 36.1 Å². The van der Waals surface area contributed by atoms with Crippen LogP contribution in [0.2, 0.25) is 0 Å². The van der Waals surface area contributed by atoms with Gasteiger partial charge in [-0.3, -0.25) is 4.79 Å². The number of halogens is 3. The first-order valence-corrected chi connectivity index (χ1v) is 10.4. The summed E-state index contributed by atoms with van der Waals surface area (Å²) in [5.41, 5.74) is -0.0899. The molecular formula is C23H22F3N3O6. The molecule has 1 aromatic carbocycles. The van der Waals surface area contributed by atoms with Gasteiger partial charge in [0.25, 0.3) is 0 Å². The van der Waals surface area contributed by atoms with E-state index in [0.29, 0.717) is 11.3 Å². The van der Waals surface area contributed by atoms with Crippen molar-refractivity contribution in [3.63, 3.8) is 0 Å². The number of aromatic nitrogens is 3. The van der Waals surface area contributed by atoms with Gasteiger partial charge < -0.3 is 19.2 Å². The van der Waals surface area contributed by atoms with Crippen molar-refractivity contribution >= 4 is 17.7 Å². The molecule has 35 heavy (non-hydrogen) atoms. The third-order valence-electron chi connectivity index (χ3n) is 5.06. The van der Waals surface area contributed by atoms with Crippen molar-refractivity contribution in [1.82, 2.24) is 14.8 Å². The lowest BCUT2D eigenvalue weighted by Crippen LogP contribution is -2.16. The molecule has 0 aliphatic carbocycles. The SMILES string of the molecule is CCOC(=O)c1c(C)[nH]c(C(=O)COC(=O)c2nn(-c3cccc(C(F)(F)F)c3)cc2OC)c1C. The molecule has 0 aliphatic heterocycles. The van der Waals surface area contributed by atoms with Crippen LogP contribution in [-0.4, -0.2) is 52.8 Å². The van der Waals surface area contributed by atoms with Crippen LogP contribution in [0.3, 0.4) is 0 Å². The lowest BCUT2D eigenvalue weighted by molar-refractivity contribution is -0.137. The normalized spacial score (nSPS) is 11.3. The van der Waals surface area contributed by atoms with E-state index in [9.17, 15) is 27.6 Å². The van der Waals surface area contributed by atoms with Crippen LogP contribution in [0, 0.1) is 13.8 Å². The molecule has 3 aromatic rings. The highest BCUT2D eigenvalue weighted by Gasteiger charge is 2.31. The molecule has 186 valence electrons. The van der Waals surface area contributed by atoms with Crippen molar-refractivity contribution in [2.75, 3.05) is 20.3 Å². The second-order valence-electron chi connectivity index (χ2n) is 7.38. The molecule has 0 saturated heterocycles. The monoisotopic (exact) mass is 493 g/mol. The van der Waals surface area contributed by atoms with Crippen LogP contribution in [0.25, 0.3) is 5.69 Å². The van der Waals surface area contributed by atoms with Gasteiger partial charge in [-0.1, -0.05) is 6.07 Å². The second-order valence-corrected chi connectivity index (χ2v) is 7.38. The molecule has 0 spiro atoms. The molecule has 0 aliphatic rings. The number of hydrogen-bond donors (Lipinski definition) is 1. The Hall–Kier alpha value is -4.09. The summed E-state index contributed by atoms with van der Waals surface area (Å²) in [5, 5.41) is 3.97. The summed E-state index contributed by atoms with van der Waals surface area (Å²) in [6.07, 6.45) is -3.34. The Morgan fingerprint density at radius 2 is 1.83 bits per heavy atom. The van der Waals surface area contributed by atoms with Crippen molar-refractivity contribution in [2.24, 2.45) is 0 Å². The van der Waals surface area contributed by atoms with E-state index in [1.807, 2.05) is 0 Å². The smallest absolute Gasteiger partial charge is 0.416 e. The molecule has 2 heterocycles. The zero-order valence-electron chi connectivity index (χ0n) is 19.3. The summed E-state index contributed by atoms with van der Waals surface area (Å²) in [5.74, 6) is -2.27. The molecule has 0 unspecified atom stereocenters. The van der Waals surface area contributed by atoms with Gasteiger partial charge in [0.2, 0.25) is 11.5 Å². The lowest BCUT2D eigenvalue weighted by atomic mass is 10.1. The average molecular weight is 493 g/mol. The van der Waals surface area contributed by atoms with Gasteiger partial charge in [-0.15, -0.1) is 0 Å². The number of ether oxygens (including phenoxy) is 3. The standard InChI is InChI=1S/C23H22F3N3O6/c1-5-34-21(31)18-12(2)19(27-13(18)3)16(30)11-35-22(32)20-17(33-4)10-29(28-20)15-8-6-7-14(9-15)23(24,25)26/h6-10,27H,5,11H2,1-4H3. The molecule has 3 rings (SSSR count). The highest BCUT2D eigenvalue weighted by molar-refractivity contribution is 6.03. The van der Waals surface area contributed by atoms with Crippen LogP contribution >= 0.6 is 0 Å². The zero-order chi connectivity index (χ0) is 25.9. The van der Waals surface area contributed by atoms with E-state index in [-0.39, 0.29) is 35.0 Å². The van der Waals surface area contributed by atoms with Crippen molar-refractivity contribution in [1.29, 1.82) is 0 Å². The molecule has 0 saturated carbocycles. The molecule has 1 N–H and O–H groups in total. The number of H-pyrrole nitrogens is 1. The zero-order valence-corrected chi connectivity index (χ0v) is 19.3. The van der Waals surface area contributed by atoms with Gasteiger partial charge in [0, 0.05) is 5.69 Å². The number of esters is 2. The number of benzene rings is 1. The number of nitrogens with zero attached hydrogens (tertiary/aromatic N) is 2. The Bertz CT molecular complexity index is 1280. The van der Waals surface area contributed by atoms with Crippen LogP contribution in [0.1, 0.15) is 55.1 Å². The fourth-order valence-electron chi connectivity index (χ4n) is 3.42. The predicted octanol–water partition coefficient (Wildman–Crippen LogP) is 4.06. The summed E-state index contributed by atoms with van der Waals surface area (Å²) in [6, 6.07) is 4.34. The number of alkyl halides is 3. The van der Waals surface area contributed by atoms with E-state index in [4.69, 9.17) is 14.2 Å². The van der Waals surface area contributed by atoms with Gasteiger partial charge >= 0.3 is 18.1 Å². The maximum atomic E-state index is 13.0. The summed E-state index contributed by atoms with van der Waals surface area (Å²) in [4.78, 5) is 40.1. The van der Waals surface area contributed by atoms with E-state index in [1.54, 1.807) is 20.8 Å². The third-order valence-corrected chi connectivity index (χ3v) is 5.06. The van der Waals surface area contributed by atoms with Crippen LogP contribution in [-0.2, 0) is 15.7 Å². The summed E-state index contributed by atoms with van der Waals surface area (Å²) >= 11 is 0. The van der Waals surface area contributed by atoms with Crippen LogP contribution < -0.4 is 4.74 Å². The number of rotatable bonds is 8. The van der Waals surface area contributed by atoms with E-state index in [2.05, 4.69) is 10.1 Å². The van der Waals surface area contributed by atoms with E-state index >= 15 is 0 Å². The highest BCUT2D eigenvalue weighted by atomic mass is 19.4. The first kappa shape index (κ1) is 25.5. The summed E-state index contributed by atoms with van der Waals surface area (Å²) < 4.78 is 55.3. The van der Waals surface area contributed by atoms with Gasteiger partial charge in [0.05, 0.1) is 42.4 Å². The topological polar surface area (TPSA) is 113 Å². The van der Waals surface area contributed by atoms with Gasteiger partial charge in [-0.05, 0) is 44.5 Å². The number of carbonyl (C=O) groups is 3. The number of aromatic amines is 1. The molecule has 12 heteroatoms. The Morgan fingerprint density at radius 1 is 1.11 bits per heavy atom. The first-order chi connectivity index (χ1) is 16.5. The Balaban J connectivity index is 1.78. The molecule has 0 atom stereocenters. The highest BCUT2D eigenvalue weighted by Crippen LogP contribution is 2.31. The maximum absolute atomic E-state index is 13.0. The number of Topliss-reactive ketones (excluding diaryl/α,β-unsaturated/α-hetero) is 1. The Kier molecular flexibility index (Phi) is 7.32. The number of ketones is 1. The largest absolute Gasteiger partial charge is 0.493 e. The van der Waals surface area contributed by atoms with E-state index in [0.717, 1.165) is 16.8 Å². The molecular weight excluding hydrogens is 471 g/mol. The minimum absolute atomic E-state index is 0.0391. The second kappa shape index (κ2) is 10.0. The summed E-state index contributed by atoms with van der Waals surface area (Å²) in [6.45, 7) is 4.31. The van der Waals surface area contributed by atoms with Crippen LogP contribution in [0.15, 0.2) is 30.5 Å². The number of hydrogen-bond acceptors (Lipinski definition) is 7. The maximum Gasteiger partial charge on any atom is 0.416 e. The van der Waals surface area contributed by atoms with Crippen molar-refractivity contribution < 1.29 is 41.8 Å². The summed E-state index contributed by atoms with van der Waals surface area (Å²) in [7, 11) is 1.25.